The maximum Gasteiger partial charge on any atom is 0.320 e. The Kier molecular flexibility index (Phi) is 2.67. The van der Waals surface area contributed by atoms with Crippen molar-refractivity contribution in [1.29, 1.82) is 5.41 Å². The molecule has 0 aliphatic carbocycles. The van der Waals surface area contributed by atoms with Gasteiger partial charge in [0.1, 0.15) is 0 Å². The number of nitrogens with one attached hydrogen (secondary N) is 1. The molecule has 78 valence electrons. The van der Waals surface area contributed by atoms with Crippen molar-refractivity contribution in [3.8, 4) is 11.4 Å². The second-order valence-corrected chi connectivity index (χ2v) is 3.33. The molecule has 0 saturated carbocycles. The Morgan fingerprint density at radius 3 is 2.73 bits per heavy atom. The molecule has 0 atom stereocenters. The Morgan fingerprint density at radius 2 is 2.07 bits per heavy atom. The number of benzene rings is 1. The van der Waals surface area contributed by atoms with Crippen LogP contribution in [0.3, 0.4) is 0 Å². The zero-order chi connectivity index (χ0) is 10.7. The van der Waals surface area contributed by atoms with Crippen LogP contribution < -0.4 is 5.68 Å². The average molecular weight is 203 g/mol. The van der Waals surface area contributed by atoms with Crippen molar-refractivity contribution in [3.05, 3.63) is 36.0 Å². The van der Waals surface area contributed by atoms with E-state index in [0.29, 0.717) is 0 Å². The summed E-state index contributed by atoms with van der Waals surface area (Å²) in [5.41, 5.74) is 1.09. The highest BCUT2D eigenvalue weighted by atomic mass is 16.5. The predicted molar refractivity (Wildman–Crippen MR) is 56.1 cm³/mol. The first-order valence-corrected chi connectivity index (χ1v) is 4.99. The van der Waals surface area contributed by atoms with Gasteiger partial charge in [-0.05, 0) is 6.42 Å². The first-order valence-electron chi connectivity index (χ1n) is 4.99. The quantitative estimate of drug-likeness (QED) is 0.829. The molecular weight excluding hydrogens is 190 g/mol. The van der Waals surface area contributed by atoms with Gasteiger partial charge in [0.2, 0.25) is 0 Å². The van der Waals surface area contributed by atoms with Gasteiger partial charge in [-0.3, -0.25) is 4.57 Å². The lowest BCUT2D eigenvalue weighted by Crippen LogP contribution is -2.15. The minimum Gasteiger partial charge on any atom is -0.315 e. The number of nitrogens with zero attached hydrogens (tertiary/aromatic N) is 2. The van der Waals surface area contributed by atoms with E-state index >= 15 is 0 Å². The summed E-state index contributed by atoms with van der Waals surface area (Å²) < 4.78 is 6.66. The maximum absolute atomic E-state index is 7.58. The molecule has 4 heteroatoms. The molecule has 0 radical (unpaired) electrons. The highest BCUT2D eigenvalue weighted by molar-refractivity contribution is 5.53. The molecule has 0 bridgehead atoms. The van der Waals surface area contributed by atoms with E-state index in [1.165, 1.54) is 0 Å². The average Bonchev–Trinajstić information content (AvgIpc) is 2.63. The van der Waals surface area contributed by atoms with Crippen molar-refractivity contribution in [1.82, 2.24) is 9.72 Å². The molecule has 0 aliphatic heterocycles. The van der Waals surface area contributed by atoms with Gasteiger partial charge in [0.15, 0.2) is 5.82 Å². The van der Waals surface area contributed by atoms with Gasteiger partial charge in [-0.25, -0.2) is 5.41 Å². The maximum atomic E-state index is 7.58. The van der Waals surface area contributed by atoms with Crippen molar-refractivity contribution in [2.45, 2.75) is 19.9 Å². The third-order valence-electron chi connectivity index (χ3n) is 2.20. The fraction of sp³-hybridized carbons (Fsp3) is 0.273. The minimum absolute atomic E-state index is 0.107. The third-order valence-corrected chi connectivity index (χ3v) is 2.20. The predicted octanol–water partition coefficient (Wildman–Crippen LogP) is 2.03. The molecule has 0 aliphatic rings. The van der Waals surface area contributed by atoms with Gasteiger partial charge in [0, 0.05) is 12.1 Å². The van der Waals surface area contributed by atoms with Gasteiger partial charge >= 0.3 is 5.68 Å². The molecule has 15 heavy (non-hydrogen) atoms. The molecule has 1 N–H and O–H groups in total. The van der Waals surface area contributed by atoms with E-state index in [2.05, 4.69) is 12.1 Å². The highest BCUT2D eigenvalue weighted by Gasteiger charge is 2.08. The summed E-state index contributed by atoms with van der Waals surface area (Å²) in [5, 5.41) is 11.5. The lowest BCUT2D eigenvalue weighted by molar-refractivity contribution is 0.356. The van der Waals surface area contributed by atoms with Crippen LogP contribution in [-0.4, -0.2) is 9.72 Å². The first-order chi connectivity index (χ1) is 7.33. The topological polar surface area (TPSA) is 54.8 Å². The summed E-state index contributed by atoms with van der Waals surface area (Å²) in [4.78, 5) is 0. The highest BCUT2D eigenvalue weighted by Crippen LogP contribution is 2.14. The fourth-order valence-electron chi connectivity index (χ4n) is 1.51. The molecule has 0 unspecified atom stereocenters. The van der Waals surface area contributed by atoms with E-state index < -0.39 is 0 Å². The van der Waals surface area contributed by atoms with E-state index in [4.69, 9.17) is 9.93 Å². The molecule has 0 saturated heterocycles. The smallest absolute Gasteiger partial charge is 0.315 e. The van der Waals surface area contributed by atoms with Crippen molar-refractivity contribution in [2.24, 2.45) is 0 Å². The number of hydrogen-bond acceptors (Lipinski definition) is 3. The van der Waals surface area contributed by atoms with Crippen LogP contribution in [-0.2, 0) is 6.54 Å². The van der Waals surface area contributed by atoms with Crippen LogP contribution >= 0.6 is 0 Å². The summed E-state index contributed by atoms with van der Waals surface area (Å²) in [6.45, 7) is 2.82. The molecule has 0 amide bonds. The molecule has 4 nitrogen and oxygen atoms in total. The van der Waals surface area contributed by atoms with Crippen LogP contribution in [0.5, 0.6) is 0 Å². The zero-order valence-electron chi connectivity index (χ0n) is 8.60. The van der Waals surface area contributed by atoms with Crippen molar-refractivity contribution in [2.75, 3.05) is 0 Å². The lowest BCUT2D eigenvalue weighted by atomic mass is 10.2. The van der Waals surface area contributed by atoms with Gasteiger partial charge < -0.3 is 4.52 Å². The van der Waals surface area contributed by atoms with E-state index in [-0.39, 0.29) is 5.68 Å². The second kappa shape index (κ2) is 4.13. The van der Waals surface area contributed by atoms with Crippen molar-refractivity contribution >= 4 is 0 Å². The summed E-state index contributed by atoms with van der Waals surface area (Å²) in [5.74, 6) is 0.724. The molecule has 2 aromatic rings. The van der Waals surface area contributed by atoms with Crippen LogP contribution in [0.2, 0.25) is 0 Å². The normalized spacial score (nSPS) is 10.5. The van der Waals surface area contributed by atoms with Crippen molar-refractivity contribution in [3.63, 3.8) is 0 Å². The Labute approximate surface area is 87.7 Å². The Bertz CT molecular complexity index is 484. The van der Waals surface area contributed by atoms with Crippen LogP contribution in [0.15, 0.2) is 34.9 Å². The monoisotopic (exact) mass is 203 g/mol. The van der Waals surface area contributed by atoms with E-state index in [1.54, 1.807) is 4.57 Å². The summed E-state index contributed by atoms with van der Waals surface area (Å²) in [6, 6.07) is 9.77. The Hall–Kier alpha value is -1.84. The molecule has 0 fully saturated rings. The lowest BCUT2D eigenvalue weighted by Gasteiger charge is -2.02. The summed E-state index contributed by atoms with van der Waals surface area (Å²) >= 11 is 0. The first kappa shape index (κ1) is 9.71. The van der Waals surface area contributed by atoms with Gasteiger partial charge in [0.05, 0.1) is 0 Å². The Balaban J connectivity index is 2.49. The number of rotatable bonds is 3. The molecular formula is C11H13N3O. The largest absolute Gasteiger partial charge is 0.320 e. The van der Waals surface area contributed by atoms with Gasteiger partial charge in [-0.2, -0.15) is 0 Å². The van der Waals surface area contributed by atoms with Crippen LogP contribution in [0.4, 0.5) is 0 Å². The molecule has 2 rings (SSSR count). The standard InChI is InChI=1S/C11H13N3O/c1-2-8-14-10(13-15-11(14)12)9-6-4-3-5-7-9/h3-7,12H,2,8H2,1H3. The zero-order valence-corrected chi connectivity index (χ0v) is 8.60. The fourth-order valence-corrected chi connectivity index (χ4v) is 1.51. The van der Waals surface area contributed by atoms with Crippen molar-refractivity contribution < 1.29 is 4.52 Å². The van der Waals surface area contributed by atoms with Gasteiger partial charge in [0.25, 0.3) is 0 Å². The number of aromatic nitrogens is 2. The summed E-state index contributed by atoms with van der Waals surface area (Å²) in [6.07, 6.45) is 0.956. The SMILES string of the molecule is CCCn1c(-c2ccccc2)noc1=N. The number of hydrogen-bond donors (Lipinski definition) is 1. The van der Waals surface area contributed by atoms with E-state index in [0.717, 1.165) is 24.4 Å². The van der Waals surface area contributed by atoms with Gasteiger partial charge in [-0.15, -0.1) is 0 Å². The van der Waals surface area contributed by atoms with Crippen LogP contribution in [0, 0.1) is 5.41 Å². The van der Waals surface area contributed by atoms with E-state index in [9.17, 15) is 0 Å². The molecule has 1 heterocycles. The van der Waals surface area contributed by atoms with Gasteiger partial charge in [-0.1, -0.05) is 42.4 Å². The van der Waals surface area contributed by atoms with E-state index in [1.807, 2.05) is 30.3 Å². The minimum atomic E-state index is 0.107. The Morgan fingerprint density at radius 1 is 1.33 bits per heavy atom. The molecule has 1 aromatic carbocycles. The van der Waals surface area contributed by atoms with Crippen LogP contribution in [0.1, 0.15) is 13.3 Å². The summed E-state index contributed by atoms with van der Waals surface area (Å²) in [7, 11) is 0. The third kappa shape index (κ3) is 1.83. The second-order valence-electron chi connectivity index (χ2n) is 3.33. The molecule has 0 spiro atoms. The molecule has 1 aromatic heterocycles. The van der Waals surface area contributed by atoms with Crippen LogP contribution in [0.25, 0.3) is 11.4 Å².